The molecule has 1 aliphatic carbocycles. The Balaban J connectivity index is 1.90. The van der Waals surface area contributed by atoms with E-state index < -0.39 is 0 Å². The first kappa shape index (κ1) is 15.8. The lowest BCUT2D eigenvalue weighted by molar-refractivity contribution is -0.145. The summed E-state index contributed by atoms with van der Waals surface area (Å²) in [5.41, 5.74) is 0. The first-order chi connectivity index (χ1) is 9.72. The van der Waals surface area contributed by atoms with Crippen LogP contribution in [0.5, 0.6) is 0 Å². The van der Waals surface area contributed by atoms with Crippen LogP contribution >= 0.6 is 0 Å². The van der Waals surface area contributed by atoms with E-state index in [2.05, 4.69) is 10.6 Å². The number of rotatable bonds is 5. The Morgan fingerprint density at radius 3 is 2.70 bits per heavy atom. The van der Waals surface area contributed by atoms with Crippen molar-refractivity contribution >= 4 is 5.97 Å². The second-order valence-corrected chi connectivity index (χ2v) is 6.25. The summed E-state index contributed by atoms with van der Waals surface area (Å²) in [4.78, 5) is 11.8. The van der Waals surface area contributed by atoms with Crippen LogP contribution in [0.3, 0.4) is 0 Å². The van der Waals surface area contributed by atoms with E-state index in [1.807, 2.05) is 13.8 Å². The maximum absolute atomic E-state index is 11.8. The van der Waals surface area contributed by atoms with Crippen molar-refractivity contribution in [2.75, 3.05) is 13.2 Å². The van der Waals surface area contributed by atoms with Crippen LogP contribution in [-0.4, -0.2) is 37.2 Å². The van der Waals surface area contributed by atoms with Gasteiger partial charge in [0.1, 0.15) is 6.04 Å². The maximum Gasteiger partial charge on any atom is 0.322 e. The first-order valence-electron chi connectivity index (χ1n) is 8.38. The number of hydrogen-bond donors (Lipinski definition) is 2. The highest BCUT2D eigenvalue weighted by molar-refractivity contribution is 5.75. The minimum absolute atomic E-state index is 0.117. The molecule has 0 aromatic heterocycles. The van der Waals surface area contributed by atoms with Crippen LogP contribution in [0.25, 0.3) is 0 Å². The maximum atomic E-state index is 11.8. The van der Waals surface area contributed by atoms with E-state index in [-0.39, 0.29) is 12.0 Å². The van der Waals surface area contributed by atoms with E-state index in [9.17, 15) is 4.79 Å². The zero-order valence-corrected chi connectivity index (χ0v) is 13.0. The van der Waals surface area contributed by atoms with E-state index in [0.717, 1.165) is 6.54 Å². The largest absolute Gasteiger partial charge is 0.465 e. The van der Waals surface area contributed by atoms with Crippen molar-refractivity contribution in [2.45, 2.75) is 76.9 Å². The highest BCUT2D eigenvalue weighted by atomic mass is 16.5. The molecule has 20 heavy (non-hydrogen) atoms. The molecule has 4 unspecified atom stereocenters. The molecule has 2 aliphatic rings. The summed E-state index contributed by atoms with van der Waals surface area (Å²) in [6, 6.07) is 0.902. The highest BCUT2D eigenvalue weighted by Gasteiger charge is 2.33. The van der Waals surface area contributed by atoms with Gasteiger partial charge in [0.15, 0.2) is 0 Å². The van der Waals surface area contributed by atoms with Crippen molar-refractivity contribution < 1.29 is 9.53 Å². The normalized spacial score (nSPS) is 32.6. The lowest BCUT2D eigenvalue weighted by Crippen LogP contribution is -2.53. The van der Waals surface area contributed by atoms with Crippen LogP contribution < -0.4 is 10.6 Å². The highest BCUT2D eigenvalue weighted by Crippen LogP contribution is 2.30. The number of nitrogens with one attached hydrogen (secondary N) is 2. The molecular formula is C16H30N2O2. The fourth-order valence-electron chi connectivity index (χ4n) is 3.75. The Bertz CT molecular complexity index is 303. The number of carbonyl (C=O) groups excluding carboxylic acids is 1. The van der Waals surface area contributed by atoms with Gasteiger partial charge in [-0.25, -0.2) is 0 Å². The molecule has 4 nitrogen and oxygen atoms in total. The van der Waals surface area contributed by atoms with Gasteiger partial charge in [0, 0.05) is 12.1 Å². The molecule has 0 amide bonds. The quantitative estimate of drug-likeness (QED) is 0.759. The average Bonchev–Trinajstić information content (AvgIpc) is 2.49. The minimum Gasteiger partial charge on any atom is -0.465 e. The molecule has 0 aromatic carbocycles. The van der Waals surface area contributed by atoms with Gasteiger partial charge in [0.05, 0.1) is 6.61 Å². The molecule has 0 radical (unpaired) electrons. The topological polar surface area (TPSA) is 50.4 Å². The fraction of sp³-hybridized carbons (Fsp3) is 0.938. The van der Waals surface area contributed by atoms with Gasteiger partial charge in [-0.15, -0.1) is 0 Å². The van der Waals surface area contributed by atoms with E-state index in [0.29, 0.717) is 24.6 Å². The second-order valence-electron chi connectivity index (χ2n) is 6.25. The zero-order valence-electron chi connectivity index (χ0n) is 13.0. The Kier molecular flexibility index (Phi) is 6.30. The molecule has 2 rings (SSSR count). The number of esters is 1. The van der Waals surface area contributed by atoms with Crippen molar-refractivity contribution in [3.63, 3.8) is 0 Å². The number of ether oxygens (including phenoxy) is 1. The standard InChI is InChI=1S/C16H30N2O2/c1-3-20-16(19)12(2)18-15-10-5-4-8-13(15)14-9-6-7-11-17-14/h12-15,17-18H,3-11H2,1-2H3. The lowest BCUT2D eigenvalue weighted by Gasteiger charge is -2.40. The van der Waals surface area contributed by atoms with Crippen molar-refractivity contribution in [1.29, 1.82) is 0 Å². The molecule has 4 atom stereocenters. The summed E-state index contributed by atoms with van der Waals surface area (Å²) in [5.74, 6) is 0.550. The molecule has 1 saturated heterocycles. The predicted octanol–water partition coefficient (Wildman–Crippen LogP) is 2.23. The molecule has 1 saturated carbocycles. The monoisotopic (exact) mass is 282 g/mol. The van der Waals surface area contributed by atoms with Crippen molar-refractivity contribution in [2.24, 2.45) is 5.92 Å². The predicted molar refractivity (Wildman–Crippen MR) is 80.6 cm³/mol. The SMILES string of the molecule is CCOC(=O)C(C)NC1CCCCC1C1CCCCN1. The van der Waals surface area contributed by atoms with Crippen LogP contribution in [0.4, 0.5) is 0 Å². The summed E-state index contributed by atoms with van der Waals surface area (Å²) >= 11 is 0. The number of hydrogen-bond acceptors (Lipinski definition) is 4. The molecule has 1 heterocycles. The second kappa shape index (κ2) is 7.99. The molecule has 1 aliphatic heterocycles. The van der Waals surface area contributed by atoms with E-state index in [1.165, 1.54) is 44.9 Å². The molecule has 4 heteroatoms. The van der Waals surface area contributed by atoms with Gasteiger partial charge in [-0.05, 0) is 52.0 Å². The van der Waals surface area contributed by atoms with E-state index in [1.54, 1.807) is 0 Å². The molecule has 2 fully saturated rings. The molecule has 2 N–H and O–H groups in total. The first-order valence-corrected chi connectivity index (χ1v) is 8.38. The summed E-state index contributed by atoms with van der Waals surface area (Å²) in [6.45, 7) is 5.41. The van der Waals surface area contributed by atoms with Crippen molar-refractivity contribution in [1.82, 2.24) is 10.6 Å². The summed E-state index contributed by atoms with van der Waals surface area (Å²) in [6.07, 6.45) is 9.01. The smallest absolute Gasteiger partial charge is 0.322 e. The van der Waals surface area contributed by atoms with E-state index in [4.69, 9.17) is 4.74 Å². The lowest BCUT2D eigenvalue weighted by atomic mass is 9.77. The van der Waals surface area contributed by atoms with Gasteiger partial charge in [0.25, 0.3) is 0 Å². The molecule has 0 spiro atoms. The third kappa shape index (κ3) is 4.19. The van der Waals surface area contributed by atoms with Crippen LogP contribution in [0, 0.1) is 5.92 Å². The van der Waals surface area contributed by atoms with Crippen LogP contribution in [0.1, 0.15) is 58.8 Å². The summed E-state index contributed by atoms with van der Waals surface area (Å²) in [5, 5.41) is 7.23. The third-order valence-electron chi connectivity index (χ3n) is 4.79. The Morgan fingerprint density at radius 1 is 1.25 bits per heavy atom. The zero-order chi connectivity index (χ0) is 14.4. The van der Waals surface area contributed by atoms with Gasteiger partial charge >= 0.3 is 5.97 Å². The third-order valence-corrected chi connectivity index (χ3v) is 4.79. The van der Waals surface area contributed by atoms with Crippen molar-refractivity contribution in [3.05, 3.63) is 0 Å². The van der Waals surface area contributed by atoms with Gasteiger partial charge in [-0.2, -0.15) is 0 Å². The van der Waals surface area contributed by atoms with Crippen molar-refractivity contribution in [3.8, 4) is 0 Å². The van der Waals surface area contributed by atoms with E-state index >= 15 is 0 Å². The van der Waals surface area contributed by atoms with Gasteiger partial charge in [-0.3, -0.25) is 4.79 Å². The Morgan fingerprint density at radius 2 is 2.00 bits per heavy atom. The average molecular weight is 282 g/mol. The fourth-order valence-corrected chi connectivity index (χ4v) is 3.75. The number of carbonyl (C=O) groups is 1. The van der Waals surface area contributed by atoms with Crippen LogP contribution in [0.2, 0.25) is 0 Å². The van der Waals surface area contributed by atoms with Gasteiger partial charge < -0.3 is 15.4 Å². The Labute approximate surface area is 123 Å². The number of piperidine rings is 1. The molecular weight excluding hydrogens is 252 g/mol. The minimum atomic E-state index is -0.191. The van der Waals surface area contributed by atoms with Crippen LogP contribution in [0.15, 0.2) is 0 Å². The summed E-state index contributed by atoms with van der Waals surface area (Å²) in [7, 11) is 0. The van der Waals surface area contributed by atoms with Gasteiger partial charge in [0.2, 0.25) is 0 Å². The molecule has 0 aromatic rings. The Hall–Kier alpha value is -0.610. The molecule has 0 bridgehead atoms. The van der Waals surface area contributed by atoms with Crippen LogP contribution in [-0.2, 0) is 9.53 Å². The van der Waals surface area contributed by atoms with Gasteiger partial charge in [-0.1, -0.05) is 19.3 Å². The summed E-state index contributed by atoms with van der Waals surface area (Å²) < 4.78 is 5.11. The molecule has 116 valence electrons.